The number of halogens is 4. The molecule has 0 N–H and O–H groups in total. The lowest BCUT2D eigenvalue weighted by molar-refractivity contribution is 0.423. The fourth-order valence-electron chi connectivity index (χ4n) is 10.3. The number of allylic oxidation sites excluding steroid dienone is 4. The molecule has 372 valence electrons. The third-order valence-corrected chi connectivity index (χ3v) is 20.7. The van der Waals surface area contributed by atoms with Gasteiger partial charge in [0.2, 0.25) is 0 Å². The lowest BCUT2D eigenvalue weighted by atomic mass is 9.85. The highest BCUT2D eigenvalue weighted by molar-refractivity contribution is 7.85. The van der Waals surface area contributed by atoms with Crippen molar-refractivity contribution in [2.45, 2.75) is 72.6 Å². The van der Waals surface area contributed by atoms with E-state index in [2.05, 4.69) is 101 Å². The quantitative estimate of drug-likeness (QED) is 0.118. The van der Waals surface area contributed by atoms with Gasteiger partial charge in [-0.15, -0.1) is 0 Å². The molecule has 0 bridgehead atoms. The Bertz CT molecular complexity index is 3840. The third-order valence-electron chi connectivity index (χ3n) is 14.4. The number of nitrogens with zero attached hydrogens (tertiary/aromatic N) is 1. The van der Waals surface area contributed by atoms with Crippen molar-refractivity contribution in [1.82, 2.24) is 4.57 Å². The number of ether oxygens (including phenoxy) is 2. The van der Waals surface area contributed by atoms with Crippen LogP contribution < -0.4 is 36.0 Å². The summed E-state index contributed by atoms with van der Waals surface area (Å²) in [7, 11) is -7.72. The molecule has 0 saturated carbocycles. The van der Waals surface area contributed by atoms with Gasteiger partial charge in [-0.3, -0.25) is 0 Å². The summed E-state index contributed by atoms with van der Waals surface area (Å²) in [6.45, 7) is 16.6. The predicted octanol–water partition coefficient (Wildman–Crippen LogP) is 16.1. The van der Waals surface area contributed by atoms with E-state index >= 15 is 17.9 Å². The SMILES string of the molecule is CC/C(F)=C\C1=C(C)Oc2ccc(F)cc2P1(=O)c1ccc(-c2cc(-c3ccc(P4(=O)c5cc(F)ccc5Oc5ccc(F)cc54)cc3)cc(-n3c4ccc(C(C)(C)C)cc4c4cc(C(C)(C)C)ccc43)c2)cc1. The Labute approximate surface area is 428 Å². The van der Waals surface area contributed by atoms with Crippen molar-refractivity contribution >= 4 is 62.6 Å². The Kier molecular flexibility index (Phi) is 11.8. The van der Waals surface area contributed by atoms with E-state index in [9.17, 15) is 8.78 Å². The molecular formula is C63H53F4NO4P2. The highest BCUT2D eigenvalue weighted by atomic mass is 31.2. The lowest BCUT2D eigenvalue weighted by Crippen LogP contribution is -2.31. The van der Waals surface area contributed by atoms with Gasteiger partial charge in [-0.25, -0.2) is 17.6 Å². The zero-order valence-corrected chi connectivity index (χ0v) is 44.1. The standard InChI is InChI=1S/C63H53F4NO4P2/c1-9-44(64)33-58-37(2)71-55-25-16-45(65)34-59(55)73(58,69)49-19-10-38(11-20-49)40-28-41(39-12-21-50(22-13-39)74(70)60-35-46(66)17-26-56(60)72-57-27-18-47(67)36-61(57)74)30-48(29-40)68-53-23-14-42(62(3,4)5)31-51(53)52-32-43(63(6,7)8)15-24-54(52)68/h10-36H,9H2,1-8H3/b44-33+. The molecule has 0 aliphatic carbocycles. The van der Waals surface area contributed by atoms with Crippen molar-refractivity contribution in [3.8, 4) is 45.2 Å². The number of benzene rings is 8. The summed E-state index contributed by atoms with van der Waals surface area (Å²) < 4.78 is 106. The highest BCUT2D eigenvalue weighted by Crippen LogP contribution is 2.59. The van der Waals surface area contributed by atoms with Crippen LogP contribution in [0, 0.1) is 17.5 Å². The van der Waals surface area contributed by atoms with Gasteiger partial charge in [0.25, 0.3) is 0 Å². The topological polar surface area (TPSA) is 57.5 Å². The van der Waals surface area contributed by atoms with E-state index in [0.717, 1.165) is 49.7 Å². The van der Waals surface area contributed by atoms with E-state index in [1.807, 2.05) is 24.3 Å². The Morgan fingerprint density at radius 3 is 1.36 bits per heavy atom. The molecule has 0 radical (unpaired) electrons. The lowest BCUT2D eigenvalue weighted by Gasteiger charge is -2.29. The second-order valence-corrected chi connectivity index (χ2v) is 26.7. The Morgan fingerprint density at radius 1 is 0.514 bits per heavy atom. The molecule has 1 unspecified atom stereocenters. The van der Waals surface area contributed by atoms with Crippen LogP contribution in [0.4, 0.5) is 17.6 Å². The molecule has 2 aliphatic heterocycles. The van der Waals surface area contributed by atoms with Gasteiger partial charge in [0.15, 0.2) is 14.3 Å². The third kappa shape index (κ3) is 8.16. The van der Waals surface area contributed by atoms with Crippen LogP contribution in [-0.4, -0.2) is 4.57 Å². The van der Waals surface area contributed by atoms with Crippen LogP contribution >= 0.6 is 14.3 Å². The Hall–Kier alpha value is -7.18. The van der Waals surface area contributed by atoms with Gasteiger partial charge < -0.3 is 23.2 Å². The second-order valence-electron chi connectivity index (χ2n) is 21.3. The van der Waals surface area contributed by atoms with Crippen molar-refractivity contribution < 1.29 is 36.2 Å². The molecule has 1 aromatic heterocycles. The van der Waals surface area contributed by atoms with Gasteiger partial charge >= 0.3 is 0 Å². The molecule has 74 heavy (non-hydrogen) atoms. The maximum atomic E-state index is 15.7. The van der Waals surface area contributed by atoms with E-state index in [1.54, 1.807) is 38.1 Å². The van der Waals surface area contributed by atoms with E-state index < -0.39 is 37.6 Å². The zero-order chi connectivity index (χ0) is 52.2. The number of hydrogen-bond acceptors (Lipinski definition) is 4. The minimum atomic E-state index is -3.87. The van der Waals surface area contributed by atoms with Crippen LogP contribution in [0.15, 0.2) is 181 Å². The molecule has 0 amide bonds. The minimum Gasteiger partial charge on any atom is -0.460 e. The summed E-state index contributed by atoms with van der Waals surface area (Å²) in [4.78, 5) is 0. The van der Waals surface area contributed by atoms with Gasteiger partial charge in [-0.1, -0.05) is 109 Å². The number of rotatable bonds is 7. The molecule has 0 spiro atoms. The summed E-state index contributed by atoms with van der Waals surface area (Å²) in [6.07, 6.45) is 1.33. The maximum Gasteiger partial charge on any atom is 0.178 e. The molecule has 11 rings (SSSR count). The normalized spacial score (nSPS) is 16.4. The summed E-state index contributed by atoms with van der Waals surface area (Å²) in [5.74, 6) is -1.26. The maximum absolute atomic E-state index is 15.7. The van der Waals surface area contributed by atoms with Gasteiger partial charge in [-0.05, 0) is 161 Å². The fraction of sp³-hybridized carbons (Fsp3) is 0.175. The average molecular weight is 1030 g/mol. The Morgan fingerprint density at radius 2 is 0.932 bits per heavy atom. The molecule has 2 aliphatic rings. The summed E-state index contributed by atoms with van der Waals surface area (Å²) in [5.41, 5.74) is 8.23. The van der Waals surface area contributed by atoms with Gasteiger partial charge in [-0.2, -0.15) is 0 Å². The first-order chi connectivity index (χ1) is 35.1. The Balaban J connectivity index is 1.11. The van der Waals surface area contributed by atoms with E-state index in [1.165, 1.54) is 71.8 Å². The van der Waals surface area contributed by atoms with Crippen LogP contribution in [0.3, 0.4) is 0 Å². The first-order valence-electron chi connectivity index (χ1n) is 24.7. The first-order valence-corrected chi connectivity index (χ1v) is 28.1. The zero-order valence-electron chi connectivity index (χ0n) is 42.3. The summed E-state index contributed by atoms with van der Waals surface area (Å²) in [6, 6.07) is 45.9. The minimum absolute atomic E-state index is 0.0742. The second kappa shape index (κ2) is 17.8. The largest absolute Gasteiger partial charge is 0.460 e. The molecule has 1 atom stereocenters. The molecule has 8 aromatic carbocycles. The fourth-order valence-corrected chi connectivity index (χ4v) is 16.1. The number of aromatic nitrogens is 1. The molecule has 9 aromatic rings. The molecule has 11 heteroatoms. The number of fused-ring (bicyclic) bond motifs is 6. The van der Waals surface area contributed by atoms with Gasteiger partial charge in [0, 0.05) is 27.1 Å². The number of hydrogen-bond donors (Lipinski definition) is 0. The van der Waals surface area contributed by atoms with Crippen molar-refractivity contribution in [2.24, 2.45) is 0 Å². The molecule has 5 nitrogen and oxygen atoms in total. The van der Waals surface area contributed by atoms with Crippen molar-refractivity contribution in [1.29, 1.82) is 0 Å². The smallest absolute Gasteiger partial charge is 0.178 e. The molecule has 0 saturated heterocycles. The van der Waals surface area contributed by atoms with Gasteiger partial charge in [0.1, 0.15) is 46.3 Å². The van der Waals surface area contributed by atoms with Crippen LogP contribution in [0.1, 0.15) is 72.9 Å². The average Bonchev–Trinajstić information content (AvgIpc) is 3.73. The van der Waals surface area contributed by atoms with Crippen molar-refractivity contribution in [2.75, 3.05) is 0 Å². The van der Waals surface area contributed by atoms with Crippen molar-refractivity contribution in [3.05, 3.63) is 209 Å². The molecule has 3 heterocycles. The molecular weight excluding hydrogens is 973 g/mol. The van der Waals surface area contributed by atoms with E-state index in [-0.39, 0.29) is 61.5 Å². The van der Waals surface area contributed by atoms with Crippen LogP contribution in [0.5, 0.6) is 17.2 Å². The predicted molar refractivity (Wildman–Crippen MR) is 295 cm³/mol. The van der Waals surface area contributed by atoms with E-state index in [0.29, 0.717) is 10.6 Å². The van der Waals surface area contributed by atoms with Crippen LogP contribution in [-0.2, 0) is 20.0 Å². The van der Waals surface area contributed by atoms with E-state index in [4.69, 9.17) is 9.47 Å². The monoisotopic (exact) mass is 1030 g/mol. The summed E-state index contributed by atoms with van der Waals surface area (Å²) in [5, 5.41) is 3.59. The highest BCUT2D eigenvalue weighted by Gasteiger charge is 2.41. The first kappa shape index (κ1) is 49.1. The summed E-state index contributed by atoms with van der Waals surface area (Å²) >= 11 is 0. The van der Waals surface area contributed by atoms with Crippen molar-refractivity contribution in [3.63, 3.8) is 0 Å². The molecule has 0 fully saturated rings. The van der Waals surface area contributed by atoms with Crippen LogP contribution in [0.25, 0.3) is 49.7 Å². The van der Waals surface area contributed by atoms with Crippen LogP contribution in [0.2, 0.25) is 0 Å². The van der Waals surface area contributed by atoms with Gasteiger partial charge in [0.05, 0.1) is 32.3 Å².